The summed E-state index contributed by atoms with van der Waals surface area (Å²) >= 11 is 5.68. The summed E-state index contributed by atoms with van der Waals surface area (Å²) in [6.07, 6.45) is 4.46. The Labute approximate surface area is 122 Å². The fraction of sp³-hybridized carbons (Fsp3) is 0.182. The Balaban J connectivity index is 2.39. The standard InChI is InChI=1S/C11H10ClN5O4/c12-9-2-1-8(5-13-9)6-15-3-4-16(7-10(18)19)11(15)14-17(20)21/h1-5H,6-7H2,(H,18,19). The number of carbonyl (C=O) groups is 1. The summed E-state index contributed by atoms with van der Waals surface area (Å²) in [5.74, 6) is -1.12. The van der Waals surface area contributed by atoms with E-state index in [4.69, 9.17) is 16.7 Å². The third kappa shape index (κ3) is 3.89. The van der Waals surface area contributed by atoms with Gasteiger partial charge in [-0.15, -0.1) is 0 Å². The van der Waals surface area contributed by atoms with Crippen LogP contribution in [0.15, 0.2) is 35.8 Å². The molecule has 0 amide bonds. The molecule has 0 bridgehead atoms. The van der Waals surface area contributed by atoms with Gasteiger partial charge in [0, 0.05) is 18.6 Å². The average molecular weight is 312 g/mol. The number of hydrogen-bond acceptors (Lipinski definition) is 4. The van der Waals surface area contributed by atoms with E-state index < -0.39 is 17.5 Å². The van der Waals surface area contributed by atoms with Crippen LogP contribution in [0.3, 0.4) is 0 Å². The first-order chi connectivity index (χ1) is 9.95. The van der Waals surface area contributed by atoms with Crippen LogP contribution in [-0.2, 0) is 17.9 Å². The molecule has 9 nitrogen and oxygen atoms in total. The number of imidazole rings is 1. The van der Waals surface area contributed by atoms with Crippen molar-refractivity contribution < 1.29 is 14.9 Å². The largest absolute Gasteiger partial charge is 0.480 e. The maximum absolute atomic E-state index is 10.7. The first kappa shape index (κ1) is 14.7. The third-order valence-corrected chi connectivity index (χ3v) is 2.78. The van der Waals surface area contributed by atoms with Crippen molar-refractivity contribution in [1.29, 1.82) is 0 Å². The Morgan fingerprint density at radius 2 is 2.14 bits per heavy atom. The van der Waals surface area contributed by atoms with Crippen molar-refractivity contribution in [3.63, 3.8) is 0 Å². The predicted octanol–water partition coefficient (Wildman–Crippen LogP) is 0.563. The van der Waals surface area contributed by atoms with Crippen LogP contribution in [0.2, 0.25) is 5.15 Å². The fourth-order valence-corrected chi connectivity index (χ4v) is 1.85. The average Bonchev–Trinajstić information content (AvgIpc) is 2.74. The number of aromatic nitrogens is 3. The highest BCUT2D eigenvalue weighted by molar-refractivity contribution is 6.29. The zero-order valence-corrected chi connectivity index (χ0v) is 11.3. The van der Waals surface area contributed by atoms with Crippen LogP contribution in [0, 0.1) is 10.1 Å². The molecule has 0 radical (unpaired) electrons. The number of halogens is 1. The monoisotopic (exact) mass is 311 g/mol. The normalized spacial score (nSPS) is 11.6. The van der Waals surface area contributed by atoms with Crippen molar-refractivity contribution in [3.8, 4) is 0 Å². The third-order valence-electron chi connectivity index (χ3n) is 2.56. The number of hydrogen-bond donors (Lipinski definition) is 1. The van der Waals surface area contributed by atoms with Crippen molar-refractivity contribution in [3.05, 3.63) is 57.2 Å². The number of nitrogens with zero attached hydrogens (tertiary/aromatic N) is 5. The Hall–Kier alpha value is -2.68. The number of carboxylic acids is 1. The quantitative estimate of drug-likeness (QED) is 0.492. The van der Waals surface area contributed by atoms with Gasteiger partial charge in [-0.25, -0.2) is 15.1 Å². The summed E-state index contributed by atoms with van der Waals surface area (Å²) in [6.45, 7) is -0.165. The second-order valence-electron chi connectivity index (χ2n) is 4.07. The lowest BCUT2D eigenvalue weighted by Crippen LogP contribution is -2.29. The predicted molar refractivity (Wildman–Crippen MR) is 71.0 cm³/mol. The molecule has 0 saturated carbocycles. The topological polar surface area (TPSA) is 116 Å². The molecular formula is C11H10ClN5O4. The molecule has 1 N–H and O–H groups in total. The summed E-state index contributed by atoms with van der Waals surface area (Å²) in [7, 11) is 0. The van der Waals surface area contributed by atoms with E-state index in [9.17, 15) is 14.9 Å². The minimum atomic E-state index is -1.12. The number of carboxylic acid groups (broad SMARTS) is 1. The van der Waals surface area contributed by atoms with Crippen LogP contribution < -0.4 is 5.62 Å². The Morgan fingerprint density at radius 3 is 2.71 bits per heavy atom. The molecule has 2 aromatic heterocycles. The van der Waals surface area contributed by atoms with E-state index in [0.717, 1.165) is 5.56 Å². The SMILES string of the molecule is O=C(O)Cn1ccn(Cc2ccc(Cl)nc2)c1=N[N+](=O)[O-]. The van der Waals surface area contributed by atoms with Crippen LogP contribution in [0.1, 0.15) is 5.56 Å². The van der Waals surface area contributed by atoms with Crippen molar-refractivity contribution in [2.24, 2.45) is 5.10 Å². The van der Waals surface area contributed by atoms with Crippen LogP contribution in [0.5, 0.6) is 0 Å². The van der Waals surface area contributed by atoms with Gasteiger partial charge >= 0.3 is 5.97 Å². The minimum Gasteiger partial charge on any atom is -0.480 e. The summed E-state index contributed by atoms with van der Waals surface area (Å²) in [5.41, 5.74) is 0.676. The van der Waals surface area contributed by atoms with Gasteiger partial charge in [-0.3, -0.25) is 4.79 Å². The summed E-state index contributed by atoms with van der Waals surface area (Å²) < 4.78 is 2.63. The number of nitro groups is 1. The van der Waals surface area contributed by atoms with E-state index >= 15 is 0 Å². The number of pyridine rings is 1. The molecule has 110 valence electrons. The zero-order valence-electron chi connectivity index (χ0n) is 10.6. The molecule has 2 aromatic rings. The summed E-state index contributed by atoms with van der Waals surface area (Å²) in [4.78, 5) is 25.2. The highest BCUT2D eigenvalue weighted by atomic mass is 35.5. The van der Waals surface area contributed by atoms with Gasteiger partial charge in [-0.1, -0.05) is 17.7 Å². The fourth-order valence-electron chi connectivity index (χ4n) is 1.74. The van der Waals surface area contributed by atoms with Crippen LogP contribution in [0.25, 0.3) is 0 Å². The first-order valence-corrected chi connectivity index (χ1v) is 6.10. The summed E-state index contributed by atoms with van der Waals surface area (Å²) in [6, 6.07) is 3.31. The van der Waals surface area contributed by atoms with Gasteiger partial charge in [-0.05, 0) is 11.6 Å². The maximum atomic E-state index is 10.7. The Kier molecular flexibility index (Phi) is 4.33. The van der Waals surface area contributed by atoms with E-state index in [2.05, 4.69) is 10.1 Å². The zero-order chi connectivity index (χ0) is 15.4. The lowest BCUT2D eigenvalue weighted by atomic mass is 10.3. The summed E-state index contributed by atoms with van der Waals surface area (Å²) in [5, 5.41) is 22.1. The van der Waals surface area contributed by atoms with Crippen molar-refractivity contribution in [2.75, 3.05) is 0 Å². The van der Waals surface area contributed by atoms with Crippen molar-refractivity contribution in [1.82, 2.24) is 14.1 Å². The van der Waals surface area contributed by atoms with Crippen LogP contribution >= 0.6 is 11.6 Å². The molecule has 0 aliphatic heterocycles. The molecule has 21 heavy (non-hydrogen) atoms. The maximum Gasteiger partial charge on any atom is 0.323 e. The highest BCUT2D eigenvalue weighted by Gasteiger charge is 2.09. The van der Waals surface area contributed by atoms with E-state index in [0.29, 0.717) is 5.15 Å². The first-order valence-electron chi connectivity index (χ1n) is 5.72. The van der Waals surface area contributed by atoms with Gasteiger partial charge < -0.3 is 14.2 Å². The van der Waals surface area contributed by atoms with Crippen molar-refractivity contribution >= 4 is 17.6 Å². The number of aliphatic carboxylic acids is 1. The minimum absolute atomic E-state index is 0.0719. The molecule has 10 heteroatoms. The van der Waals surface area contributed by atoms with E-state index in [1.165, 1.54) is 27.7 Å². The second-order valence-corrected chi connectivity index (χ2v) is 4.46. The lowest BCUT2D eigenvalue weighted by Gasteiger charge is -2.03. The molecule has 2 rings (SSSR count). The van der Waals surface area contributed by atoms with Gasteiger partial charge in [0.05, 0.1) is 6.54 Å². The van der Waals surface area contributed by atoms with E-state index in [1.807, 2.05) is 0 Å². The molecule has 0 saturated heterocycles. The molecule has 0 aromatic carbocycles. The molecule has 0 spiro atoms. The van der Waals surface area contributed by atoms with Gasteiger partial charge in [0.15, 0.2) is 5.03 Å². The van der Waals surface area contributed by atoms with Gasteiger partial charge in [-0.2, -0.15) is 0 Å². The molecule has 2 heterocycles. The van der Waals surface area contributed by atoms with Crippen LogP contribution in [-0.4, -0.2) is 30.2 Å². The van der Waals surface area contributed by atoms with Crippen molar-refractivity contribution in [2.45, 2.75) is 13.1 Å². The highest BCUT2D eigenvalue weighted by Crippen LogP contribution is 2.06. The molecule has 0 atom stereocenters. The van der Waals surface area contributed by atoms with Crippen LogP contribution in [0.4, 0.5) is 0 Å². The van der Waals surface area contributed by atoms with Gasteiger partial charge in [0.25, 0.3) is 5.62 Å². The van der Waals surface area contributed by atoms with Gasteiger partial charge in [0.1, 0.15) is 16.8 Å². The molecule has 0 aliphatic carbocycles. The smallest absolute Gasteiger partial charge is 0.323 e. The molecule has 0 unspecified atom stereocenters. The lowest BCUT2D eigenvalue weighted by molar-refractivity contribution is -0.491. The van der Waals surface area contributed by atoms with Gasteiger partial charge in [0.2, 0.25) is 0 Å². The Morgan fingerprint density at radius 1 is 1.43 bits per heavy atom. The Bertz CT molecular complexity index is 734. The molecule has 0 aliphatic rings. The molecule has 0 fully saturated rings. The van der Waals surface area contributed by atoms with E-state index in [1.54, 1.807) is 12.1 Å². The number of rotatable bonds is 5. The van der Waals surface area contributed by atoms with E-state index in [-0.39, 0.29) is 12.2 Å². The second kappa shape index (κ2) is 6.18. The molecular weight excluding hydrogens is 302 g/mol.